The van der Waals surface area contributed by atoms with Crippen LogP contribution in [0.1, 0.15) is 56.0 Å². The van der Waals surface area contributed by atoms with E-state index in [0.717, 1.165) is 24.8 Å². The first-order chi connectivity index (χ1) is 10.8. The van der Waals surface area contributed by atoms with Crippen molar-refractivity contribution in [3.63, 3.8) is 0 Å². The maximum absolute atomic E-state index is 12.8. The summed E-state index contributed by atoms with van der Waals surface area (Å²) in [5.74, 6) is -0.0491. The van der Waals surface area contributed by atoms with Crippen LogP contribution in [0.5, 0.6) is 0 Å². The Hall–Kier alpha value is -2.04. The Labute approximate surface area is 138 Å². The predicted molar refractivity (Wildman–Crippen MR) is 92.5 cm³/mol. The van der Waals surface area contributed by atoms with E-state index < -0.39 is 5.91 Å². The predicted octanol–water partition coefficient (Wildman–Crippen LogP) is 3.52. The summed E-state index contributed by atoms with van der Waals surface area (Å²) >= 11 is 0. The number of rotatable bonds is 6. The highest BCUT2D eigenvalue weighted by Gasteiger charge is 2.37. The van der Waals surface area contributed by atoms with E-state index in [1.54, 1.807) is 18.2 Å². The summed E-state index contributed by atoms with van der Waals surface area (Å²) in [5.41, 5.74) is 7.29. The van der Waals surface area contributed by atoms with E-state index in [2.05, 4.69) is 26.1 Å². The lowest BCUT2D eigenvalue weighted by Gasteiger charge is -2.33. The Balaban J connectivity index is 2.19. The van der Waals surface area contributed by atoms with E-state index in [1.165, 1.54) is 0 Å². The molecule has 0 bridgehead atoms. The Kier molecular flexibility index (Phi) is 5.29. The highest BCUT2D eigenvalue weighted by Crippen LogP contribution is 2.32. The molecule has 0 spiro atoms. The van der Waals surface area contributed by atoms with Gasteiger partial charge < -0.3 is 16.0 Å². The molecule has 0 aromatic heterocycles. The number of anilines is 1. The molecule has 0 saturated heterocycles. The number of urea groups is 1. The number of nitrogens with one attached hydrogen (secondary N) is 1. The summed E-state index contributed by atoms with van der Waals surface area (Å²) in [4.78, 5) is 26.1. The molecule has 2 atom stereocenters. The smallest absolute Gasteiger partial charge is 0.322 e. The Bertz CT molecular complexity index is 596. The lowest BCUT2D eigenvalue weighted by atomic mass is 9.99. The van der Waals surface area contributed by atoms with Gasteiger partial charge in [0.1, 0.15) is 0 Å². The minimum Gasteiger partial charge on any atom is -0.366 e. The van der Waals surface area contributed by atoms with Gasteiger partial charge in [0.2, 0.25) is 5.91 Å². The molecule has 5 heteroatoms. The fraction of sp³-hybridized carbons (Fsp3) is 0.556. The summed E-state index contributed by atoms with van der Waals surface area (Å²) in [6.07, 6.45) is 3.16. The third kappa shape index (κ3) is 4.03. The molecular weight excluding hydrogens is 290 g/mol. The lowest BCUT2D eigenvalue weighted by molar-refractivity contribution is 0.1000. The summed E-state index contributed by atoms with van der Waals surface area (Å²) in [5, 5.41) is 2.97. The molecule has 23 heavy (non-hydrogen) atoms. The highest BCUT2D eigenvalue weighted by molar-refractivity contribution is 5.96. The minimum atomic E-state index is -0.493. The average molecular weight is 317 g/mol. The van der Waals surface area contributed by atoms with E-state index >= 15 is 0 Å². The number of aryl methyl sites for hydroxylation is 1. The fourth-order valence-corrected chi connectivity index (χ4v) is 2.74. The number of hydrogen-bond acceptors (Lipinski definition) is 2. The molecule has 2 rings (SSSR count). The monoisotopic (exact) mass is 317 g/mol. The number of carbonyl (C=O) groups is 2. The van der Waals surface area contributed by atoms with Gasteiger partial charge in [-0.3, -0.25) is 4.79 Å². The van der Waals surface area contributed by atoms with Crippen molar-refractivity contribution in [1.29, 1.82) is 0 Å². The first-order valence-corrected chi connectivity index (χ1v) is 8.34. The van der Waals surface area contributed by atoms with Gasteiger partial charge in [-0.1, -0.05) is 26.3 Å². The standard InChI is InChI=1S/C18H27N3O2/c1-5-11(2)13(4)21(15-8-9-15)18(23)20-16-10-14(17(19)22)7-6-12(16)3/h6-7,10-11,13,15H,5,8-9H2,1-4H3,(H2,19,22)(H,20,23)/t11-,13+/m1/s1. The molecule has 3 amide bonds. The number of primary amides is 1. The molecule has 126 valence electrons. The van der Waals surface area contributed by atoms with Crippen LogP contribution in [-0.2, 0) is 0 Å². The summed E-state index contributed by atoms with van der Waals surface area (Å²) in [6.45, 7) is 8.33. The molecule has 0 radical (unpaired) electrons. The van der Waals surface area contributed by atoms with Crippen molar-refractivity contribution in [2.45, 2.75) is 59.0 Å². The third-order valence-electron chi connectivity index (χ3n) is 4.84. The van der Waals surface area contributed by atoms with Crippen LogP contribution in [0.15, 0.2) is 18.2 Å². The van der Waals surface area contributed by atoms with E-state index in [1.807, 2.05) is 11.8 Å². The zero-order chi connectivity index (χ0) is 17.1. The SMILES string of the molecule is CC[C@@H](C)[C@H](C)N(C(=O)Nc1cc(C(N)=O)ccc1C)C1CC1. The summed E-state index contributed by atoms with van der Waals surface area (Å²) in [6, 6.07) is 5.55. The van der Waals surface area contributed by atoms with Gasteiger partial charge in [0.25, 0.3) is 0 Å². The Morgan fingerprint density at radius 2 is 2.00 bits per heavy atom. The van der Waals surface area contributed by atoms with E-state index in [4.69, 9.17) is 5.73 Å². The van der Waals surface area contributed by atoms with Crippen LogP contribution in [-0.4, -0.2) is 28.9 Å². The number of nitrogens with zero attached hydrogens (tertiary/aromatic N) is 1. The number of amides is 3. The van der Waals surface area contributed by atoms with Crippen LogP contribution >= 0.6 is 0 Å². The van der Waals surface area contributed by atoms with Gasteiger partial charge in [0.05, 0.1) is 0 Å². The van der Waals surface area contributed by atoms with Crippen LogP contribution in [0.4, 0.5) is 10.5 Å². The van der Waals surface area contributed by atoms with Crippen LogP contribution in [0.2, 0.25) is 0 Å². The van der Waals surface area contributed by atoms with Crippen LogP contribution in [0, 0.1) is 12.8 Å². The van der Waals surface area contributed by atoms with Crippen molar-refractivity contribution >= 4 is 17.6 Å². The van der Waals surface area contributed by atoms with Crippen molar-refractivity contribution in [1.82, 2.24) is 4.90 Å². The normalized spacial score (nSPS) is 16.5. The second-order valence-electron chi connectivity index (χ2n) is 6.59. The number of hydrogen-bond donors (Lipinski definition) is 2. The molecule has 1 fully saturated rings. The van der Waals surface area contributed by atoms with Gasteiger partial charge in [-0.25, -0.2) is 4.79 Å². The van der Waals surface area contributed by atoms with E-state index in [0.29, 0.717) is 23.2 Å². The first-order valence-electron chi connectivity index (χ1n) is 8.34. The zero-order valence-electron chi connectivity index (χ0n) is 14.4. The van der Waals surface area contributed by atoms with E-state index in [9.17, 15) is 9.59 Å². The van der Waals surface area contributed by atoms with Crippen molar-refractivity contribution in [2.24, 2.45) is 11.7 Å². The number of nitrogens with two attached hydrogens (primary N) is 1. The highest BCUT2D eigenvalue weighted by atomic mass is 16.2. The maximum atomic E-state index is 12.8. The van der Waals surface area contributed by atoms with Gasteiger partial charge in [0, 0.05) is 23.3 Å². The molecule has 1 aromatic carbocycles. The molecule has 0 heterocycles. The first kappa shape index (κ1) is 17.3. The molecule has 5 nitrogen and oxygen atoms in total. The molecule has 1 saturated carbocycles. The van der Waals surface area contributed by atoms with Crippen LogP contribution in [0.3, 0.4) is 0 Å². The van der Waals surface area contributed by atoms with Gasteiger partial charge in [-0.2, -0.15) is 0 Å². The van der Waals surface area contributed by atoms with Gasteiger partial charge in [-0.05, 0) is 50.3 Å². The summed E-state index contributed by atoms with van der Waals surface area (Å²) < 4.78 is 0. The lowest BCUT2D eigenvalue weighted by Crippen LogP contribution is -2.45. The second-order valence-corrected chi connectivity index (χ2v) is 6.59. The third-order valence-corrected chi connectivity index (χ3v) is 4.84. The fourth-order valence-electron chi connectivity index (χ4n) is 2.74. The van der Waals surface area contributed by atoms with Gasteiger partial charge in [-0.15, -0.1) is 0 Å². The molecule has 0 aliphatic heterocycles. The molecule has 1 aliphatic rings. The van der Waals surface area contributed by atoms with Crippen molar-refractivity contribution in [3.8, 4) is 0 Å². The molecule has 1 aromatic rings. The molecule has 3 N–H and O–H groups in total. The topological polar surface area (TPSA) is 75.4 Å². The van der Waals surface area contributed by atoms with Crippen molar-refractivity contribution < 1.29 is 9.59 Å². The zero-order valence-corrected chi connectivity index (χ0v) is 14.4. The largest absolute Gasteiger partial charge is 0.366 e. The second kappa shape index (κ2) is 7.02. The average Bonchev–Trinajstić information content (AvgIpc) is 3.33. The minimum absolute atomic E-state index is 0.0926. The van der Waals surface area contributed by atoms with Gasteiger partial charge in [0.15, 0.2) is 0 Å². The Morgan fingerprint density at radius 1 is 1.35 bits per heavy atom. The quantitative estimate of drug-likeness (QED) is 0.842. The molecule has 1 aliphatic carbocycles. The van der Waals surface area contributed by atoms with E-state index in [-0.39, 0.29) is 12.1 Å². The van der Waals surface area contributed by atoms with Crippen molar-refractivity contribution in [2.75, 3.05) is 5.32 Å². The molecular formula is C18H27N3O2. The molecule has 0 unspecified atom stereocenters. The number of carbonyl (C=O) groups excluding carboxylic acids is 2. The van der Waals surface area contributed by atoms with Crippen LogP contribution in [0.25, 0.3) is 0 Å². The van der Waals surface area contributed by atoms with Crippen molar-refractivity contribution in [3.05, 3.63) is 29.3 Å². The number of benzene rings is 1. The summed E-state index contributed by atoms with van der Waals surface area (Å²) in [7, 11) is 0. The Morgan fingerprint density at radius 3 is 2.52 bits per heavy atom. The van der Waals surface area contributed by atoms with Gasteiger partial charge >= 0.3 is 6.03 Å². The maximum Gasteiger partial charge on any atom is 0.322 e. The van der Waals surface area contributed by atoms with Crippen LogP contribution < -0.4 is 11.1 Å².